The summed E-state index contributed by atoms with van der Waals surface area (Å²) in [6, 6.07) is 0. The summed E-state index contributed by atoms with van der Waals surface area (Å²) < 4.78 is 0. The van der Waals surface area contributed by atoms with E-state index >= 15 is 0 Å². The Hall–Kier alpha value is -0.0800. The second-order valence-electron chi connectivity index (χ2n) is 3.86. The average molecular weight is 170 g/mol. The first-order valence-corrected chi connectivity index (χ1v) is 5.29. The fourth-order valence-electron chi connectivity index (χ4n) is 2.00. The third kappa shape index (κ3) is 3.11. The van der Waals surface area contributed by atoms with E-state index in [2.05, 4.69) is 11.8 Å². The Morgan fingerprint density at radius 1 is 1.50 bits per heavy atom. The van der Waals surface area contributed by atoms with E-state index in [4.69, 9.17) is 5.73 Å². The summed E-state index contributed by atoms with van der Waals surface area (Å²) in [5.41, 5.74) is 5.49. The van der Waals surface area contributed by atoms with E-state index in [1.165, 1.54) is 38.9 Å². The summed E-state index contributed by atoms with van der Waals surface area (Å²) in [7, 11) is 0. The van der Waals surface area contributed by atoms with E-state index in [1.54, 1.807) is 0 Å². The van der Waals surface area contributed by atoms with E-state index < -0.39 is 0 Å². The summed E-state index contributed by atoms with van der Waals surface area (Å²) in [6.07, 6.45) is 5.34. The van der Waals surface area contributed by atoms with Gasteiger partial charge in [-0.05, 0) is 44.8 Å². The summed E-state index contributed by atoms with van der Waals surface area (Å²) in [5, 5.41) is 0. The van der Waals surface area contributed by atoms with Crippen LogP contribution in [0.2, 0.25) is 0 Å². The zero-order valence-corrected chi connectivity index (χ0v) is 8.26. The normalized spacial score (nSPS) is 26.0. The number of likely N-dealkylation sites (tertiary alicyclic amines) is 1. The Labute approximate surface area is 76.1 Å². The van der Waals surface area contributed by atoms with E-state index in [9.17, 15) is 0 Å². The van der Waals surface area contributed by atoms with Gasteiger partial charge in [0.15, 0.2) is 0 Å². The van der Waals surface area contributed by atoms with Crippen molar-refractivity contribution in [2.45, 2.75) is 32.6 Å². The molecule has 1 atom stereocenters. The summed E-state index contributed by atoms with van der Waals surface area (Å²) in [5.74, 6) is 0.955. The third-order valence-corrected chi connectivity index (χ3v) is 2.86. The predicted molar refractivity (Wildman–Crippen MR) is 53.1 cm³/mol. The smallest absolute Gasteiger partial charge is 0.000957 e. The Morgan fingerprint density at radius 2 is 2.33 bits per heavy atom. The number of hydrogen-bond acceptors (Lipinski definition) is 2. The number of nitrogens with two attached hydrogens (primary N) is 1. The van der Waals surface area contributed by atoms with Crippen molar-refractivity contribution in [2.24, 2.45) is 11.7 Å². The van der Waals surface area contributed by atoms with Crippen LogP contribution in [0.15, 0.2) is 0 Å². The van der Waals surface area contributed by atoms with Gasteiger partial charge in [0.2, 0.25) is 0 Å². The fourth-order valence-corrected chi connectivity index (χ4v) is 2.00. The molecule has 0 aromatic carbocycles. The number of piperidine rings is 1. The van der Waals surface area contributed by atoms with Gasteiger partial charge in [-0.1, -0.05) is 13.3 Å². The molecule has 1 aliphatic rings. The van der Waals surface area contributed by atoms with Gasteiger partial charge in [0.05, 0.1) is 0 Å². The van der Waals surface area contributed by atoms with E-state index in [-0.39, 0.29) is 0 Å². The Kier molecular flexibility index (Phi) is 4.62. The van der Waals surface area contributed by atoms with Crippen LogP contribution in [0.1, 0.15) is 32.6 Å². The van der Waals surface area contributed by atoms with Crippen LogP contribution in [-0.2, 0) is 0 Å². The largest absolute Gasteiger partial charge is 0.330 e. The van der Waals surface area contributed by atoms with Crippen molar-refractivity contribution >= 4 is 0 Å². The SMILES string of the molecule is CCC1CCCN(CCCN)C1. The van der Waals surface area contributed by atoms with Gasteiger partial charge in [0.1, 0.15) is 0 Å². The molecule has 0 aromatic heterocycles. The van der Waals surface area contributed by atoms with Crippen LogP contribution in [0.4, 0.5) is 0 Å². The number of hydrogen-bond donors (Lipinski definition) is 1. The zero-order valence-electron chi connectivity index (χ0n) is 8.26. The zero-order chi connectivity index (χ0) is 8.81. The monoisotopic (exact) mass is 170 g/mol. The molecule has 2 N–H and O–H groups in total. The van der Waals surface area contributed by atoms with Crippen LogP contribution in [0.3, 0.4) is 0 Å². The first-order valence-electron chi connectivity index (χ1n) is 5.29. The Balaban J connectivity index is 2.16. The minimum absolute atomic E-state index is 0.841. The highest BCUT2D eigenvalue weighted by Gasteiger charge is 2.17. The van der Waals surface area contributed by atoms with Crippen LogP contribution in [-0.4, -0.2) is 31.1 Å². The molecule has 72 valence electrons. The van der Waals surface area contributed by atoms with Crippen molar-refractivity contribution in [1.82, 2.24) is 4.90 Å². The first kappa shape index (κ1) is 10.0. The van der Waals surface area contributed by atoms with Crippen molar-refractivity contribution in [3.63, 3.8) is 0 Å². The van der Waals surface area contributed by atoms with Gasteiger partial charge in [-0.3, -0.25) is 0 Å². The highest BCUT2D eigenvalue weighted by atomic mass is 15.1. The lowest BCUT2D eigenvalue weighted by Crippen LogP contribution is -2.36. The topological polar surface area (TPSA) is 29.3 Å². The van der Waals surface area contributed by atoms with E-state index in [0.717, 1.165) is 18.9 Å². The van der Waals surface area contributed by atoms with Crippen LogP contribution < -0.4 is 5.73 Å². The van der Waals surface area contributed by atoms with Crippen molar-refractivity contribution in [2.75, 3.05) is 26.2 Å². The number of nitrogens with zero attached hydrogens (tertiary/aromatic N) is 1. The van der Waals surface area contributed by atoms with E-state index in [0.29, 0.717) is 0 Å². The van der Waals surface area contributed by atoms with Gasteiger partial charge < -0.3 is 10.6 Å². The lowest BCUT2D eigenvalue weighted by Gasteiger charge is -2.32. The summed E-state index contributed by atoms with van der Waals surface area (Å²) in [4.78, 5) is 2.57. The lowest BCUT2D eigenvalue weighted by atomic mass is 9.95. The standard InChI is InChI=1S/C10H22N2/c1-2-10-5-3-7-12(9-10)8-4-6-11/h10H,2-9,11H2,1H3. The van der Waals surface area contributed by atoms with Gasteiger partial charge in [-0.15, -0.1) is 0 Å². The minimum Gasteiger partial charge on any atom is -0.330 e. The lowest BCUT2D eigenvalue weighted by molar-refractivity contribution is 0.171. The Morgan fingerprint density at radius 3 is 3.00 bits per heavy atom. The molecule has 1 heterocycles. The maximum atomic E-state index is 5.49. The van der Waals surface area contributed by atoms with Crippen molar-refractivity contribution < 1.29 is 0 Å². The molecular weight excluding hydrogens is 148 g/mol. The van der Waals surface area contributed by atoms with Gasteiger partial charge in [0, 0.05) is 6.54 Å². The fraction of sp³-hybridized carbons (Fsp3) is 1.00. The van der Waals surface area contributed by atoms with Crippen LogP contribution in [0.5, 0.6) is 0 Å². The second kappa shape index (κ2) is 5.55. The van der Waals surface area contributed by atoms with Gasteiger partial charge in [-0.25, -0.2) is 0 Å². The molecular formula is C10H22N2. The molecule has 2 nitrogen and oxygen atoms in total. The molecule has 0 aromatic rings. The van der Waals surface area contributed by atoms with Crippen LogP contribution in [0, 0.1) is 5.92 Å². The molecule has 1 aliphatic heterocycles. The predicted octanol–water partition coefficient (Wildman–Crippen LogP) is 1.46. The highest BCUT2D eigenvalue weighted by Crippen LogP contribution is 2.18. The summed E-state index contributed by atoms with van der Waals surface area (Å²) >= 11 is 0. The molecule has 1 unspecified atom stereocenters. The van der Waals surface area contributed by atoms with Crippen molar-refractivity contribution in [1.29, 1.82) is 0 Å². The molecule has 0 aliphatic carbocycles. The van der Waals surface area contributed by atoms with Crippen molar-refractivity contribution in [3.05, 3.63) is 0 Å². The molecule has 0 bridgehead atoms. The molecule has 0 spiro atoms. The molecule has 0 radical (unpaired) electrons. The minimum atomic E-state index is 0.841. The maximum absolute atomic E-state index is 5.49. The molecule has 1 fully saturated rings. The quantitative estimate of drug-likeness (QED) is 0.692. The average Bonchev–Trinajstić information content (AvgIpc) is 2.15. The highest BCUT2D eigenvalue weighted by molar-refractivity contribution is 4.71. The van der Waals surface area contributed by atoms with Crippen LogP contribution >= 0.6 is 0 Å². The van der Waals surface area contributed by atoms with Gasteiger partial charge >= 0.3 is 0 Å². The molecule has 0 amide bonds. The Bertz CT molecular complexity index is 114. The third-order valence-electron chi connectivity index (χ3n) is 2.86. The molecule has 1 rings (SSSR count). The molecule has 2 heteroatoms. The van der Waals surface area contributed by atoms with Crippen molar-refractivity contribution in [3.8, 4) is 0 Å². The number of rotatable bonds is 4. The maximum Gasteiger partial charge on any atom is 0.000957 e. The van der Waals surface area contributed by atoms with Crippen LogP contribution in [0.25, 0.3) is 0 Å². The molecule has 0 saturated carbocycles. The second-order valence-corrected chi connectivity index (χ2v) is 3.86. The summed E-state index contributed by atoms with van der Waals surface area (Å²) in [6.45, 7) is 6.98. The van der Waals surface area contributed by atoms with Gasteiger partial charge in [-0.2, -0.15) is 0 Å². The molecule has 1 saturated heterocycles. The van der Waals surface area contributed by atoms with Gasteiger partial charge in [0.25, 0.3) is 0 Å². The first-order chi connectivity index (χ1) is 5.86. The van der Waals surface area contributed by atoms with E-state index in [1.807, 2.05) is 0 Å². The molecule has 12 heavy (non-hydrogen) atoms.